The maximum Gasteiger partial charge on any atom is 0.265 e. The number of ether oxygens (including phenoxy) is 1. The van der Waals surface area contributed by atoms with Crippen LogP contribution < -0.4 is 4.57 Å². The van der Waals surface area contributed by atoms with Crippen molar-refractivity contribution in [3.05, 3.63) is 18.7 Å². The standard InChI is InChI=1S/C11H17N3O4S/c12-3-1-8-18-9-7-14-6-5-13(11-14)4-2-10-19(15,16)17/h5-6,11H,1-2,4,7-10H2/p+1. The van der Waals surface area contributed by atoms with E-state index in [2.05, 4.69) is 0 Å². The van der Waals surface area contributed by atoms with Gasteiger partial charge < -0.3 is 4.74 Å². The van der Waals surface area contributed by atoms with Gasteiger partial charge in [-0.05, 0) is 0 Å². The van der Waals surface area contributed by atoms with E-state index in [4.69, 9.17) is 14.6 Å². The van der Waals surface area contributed by atoms with Gasteiger partial charge in [0.1, 0.15) is 18.9 Å². The predicted molar refractivity (Wildman–Crippen MR) is 66.7 cm³/mol. The fourth-order valence-electron chi connectivity index (χ4n) is 1.52. The molecule has 0 aliphatic carbocycles. The number of aromatic nitrogens is 2. The molecule has 0 fully saturated rings. The van der Waals surface area contributed by atoms with Crippen LogP contribution >= 0.6 is 0 Å². The highest BCUT2D eigenvalue weighted by molar-refractivity contribution is 7.85. The summed E-state index contributed by atoms with van der Waals surface area (Å²) in [6.07, 6.45) is 6.30. The average molecular weight is 288 g/mol. The number of hydrogen-bond acceptors (Lipinski definition) is 4. The number of imidazole rings is 1. The summed E-state index contributed by atoms with van der Waals surface area (Å²) in [5.74, 6) is -0.234. The first-order valence-corrected chi connectivity index (χ1v) is 7.57. The van der Waals surface area contributed by atoms with Gasteiger partial charge in [-0.1, -0.05) is 0 Å². The first kappa shape index (κ1) is 15.6. The molecule has 0 radical (unpaired) electrons. The lowest BCUT2D eigenvalue weighted by molar-refractivity contribution is -0.696. The van der Waals surface area contributed by atoms with Gasteiger partial charge in [-0.2, -0.15) is 13.7 Å². The molecule has 19 heavy (non-hydrogen) atoms. The van der Waals surface area contributed by atoms with E-state index in [1.807, 2.05) is 33.9 Å². The molecule has 106 valence electrons. The smallest absolute Gasteiger partial charge is 0.265 e. The van der Waals surface area contributed by atoms with Crippen molar-refractivity contribution in [2.24, 2.45) is 0 Å². The molecule has 0 amide bonds. The molecule has 0 bridgehead atoms. The van der Waals surface area contributed by atoms with Crippen LogP contribution in [0.1, 0.15) is 12.8 Å². The van der Waals surface area contributed by atoms with E-state index in [-0.39, 0.29) is 5.75 Å². The maximum absolute atomic E-state index is 10.6. The number of hydrogen-bond donors (Lipinski definition) is 1. The van der Waals surface area contributed by atoms with Gasteiger partial charge in [0.25, 0.3) is 10.1 Å². The van der Waals surface area contributed by atoms with Crippen molar-refractivity contribution in [3.63, 3.8) is 0 Å². The van der Waals surface area contributed by atoms with E-state index < -0.39 is 10.1 Å². The van der Waals surface area contributed by atoms with E-state index in [1.54, 1.807) is 0 Å². The largest absolute Gasteiger partial charge is 0.376 e. The third-order valence-electron chi connectivity index (χ3n) is 2.42. The summed E-state index contributed by atoms with van der Waals surface area (Å²) in [4.78, 5) is 0. The van der Waals surface area contributed by atoms with Gasteiger partial charge in [-0.3, -0.25) is 4.55 Å². The third-order valence-corrected chi connectivity index (χ3v) is 3.22. The summed E-state index contributed by atoms with van der Waals surface area (Å²) >= 11 is 0. The van der Waals surface area contributed by atoms with Gasteiger partial charge in [-0.25, -0.2) is 9.13 Å². The number of nitrogens with zero attached hydrogens (tertiary/aromatic N) is 3. The second-order valence-electron chi connectivity index (χ2n) is 4.05. The first-order chi connectivity index (χ1) is 9.01. The molecule has 1 aromatic heterocycles. The van der Waals surface area contributed by atoms with Crippen LogP contribution in [0.4, 0.5) is 0 Å². The fraction of sp³-hybridized carbons (Fsp3) is 0.636. The lowest BCUT2D eigenvalue weighted by Crippen LogP contribution is -2.32. The molecule has 1 heterocycles. The van der Waals surface area contributed by atoms with Crippen LogP contribution in [0.25, 0.3) is 0 Å². The highest BCUT2D eigenvalue weighted by Gasteiger charge is 2.07. The highest BCUT2D eigenvalue weighted by Crippen LogP contribution is 1.91. The lowest BCUT2D eigenvalue weighted by atomic mass is 10.5. The minimum absolute atomic E-state index is 0.234. The summed E-state index contributed by atoms with van der Waals surface area (Å²) < 4.78 is 38.7. The third kappa shape index (κ3) is 7.56. The van der Waals surface area contributed by atoms with Crippen LogP contribution in [-0.2, 0) is 27.9 Å². The second-order valence-corrected chi connectivity index (χ2v) is 5.62. The zero-order chi connectivity index (χ0) is 14.1. The molecule has 0 saturated carbocycles. The Morgan fingerprint density at radius 1 is 1.42 bits per heavy atom. The van der Waals surface area contributed by atoms with Gasteiger partial charge in [0.2, 0.25) is 6.33 Å². The van der Waals surface area contributed by atoms with Crippen LogP contribution in [0, 0.1) is 11.3 Å². The van der Waals surface area contributed by atoms with Crippen LogP contribution in [0.2, 0.25) is 0 Å². The van der Waals surface area contributed by atoms with Crippen molar-refractivity contribution >= 4 is 10.1 Å². The van der Waals surface area contributed by atoms with Gasteiger partial charge in [0.05, 0.1) is 38.0 Å². The lowest BCUT2D eigenvalue weighted by Gasteiger charge is -1.98. The van der Waals surface area contributed by atoms with Gasteiger partial charge in [-0.15, -0.1) is 0 Å². The SMILES string of the molecule is N#CCCOCCn1cc[n+](CCCS(=O)(=O)O)c1. The second kappa shape index (κ2) is 7.89. The molecule has 1 aromatic rings. The maximum atomic E-state index is 10.6. The Labute approximate surface area is 112 Å². The van der Waals surface area contributed by atoms with E-state index in [0.717, 1.165) is 0 Å². The highest BCUT2D eigenvalue weighted by atomic mass is 32.2. The zero-order valence-electron chi connectivity index (χ0n) is 10.6. The van der Waals surface area contributed by atoms with Crippen LogP contribution in [0.3, 0.4) is 0 Å². The molecule has 0 aromatic carbocycles. The normalized spacial score (nSPS) is 11.4. The number of aryl methyl sites for hydroxylation is 1. The molecule has 0 aliphatic rings. The number of rotatable bonds is 9. The molecule has 0 saturated heterocycles. The van der Waals surface area contributed by atoms with Crippen LogP contribution in [0.5, 0.6) is 0 Å². The molecular formula is C11H18N3O4S+. The molecule has 7 nitrogen and oxygen atoms in total. The topological polar surface area (TPSA) is 96.2 Å². The molecule has 0 unspecified atom stereocenters. The van der Waals surface area contributed by atoms with Crippen molar-refractivity contribution in [2.45, 2.75) is 25.9 Å². The van der Waals surface area contributed by atoms with Gasteiger partial charge >= 0.3 is 0 Å². The van der Waals surface area contributed by atoms with Crippen LogP contribution in [0.15, 0.2) is 18.7 Å². The zero-order valence-corrected chi connectivity index (χ0v) is 11.4. The minimum Gasteiger partial charge on any atom is -0.376 e. The Bertz CT molecular complexity index is 518. The van der Waals surface area contributed by atoms with Crippen LogP contribution in [-0.4, -0.2) is 36.5 Å². The Hall–Kier alpha value is -1.43. The minimum atomic E-state index is -3.88. The van der Waals surface area contributed by atoms with Gasteiger partial charge in [0, 0.05) is 6.42 Å². The van der Waals surface area contributed by atoms with E-state index in [9.17, 15) is 8.42 Å². The van der Waals surface area contributed by atoms with Gasteiger partial charge in [0.15, 0.2) is 0 Å². The molecule has 0 atom stereocenters. The van der Waals surface area contributed by atoms with E-state index in [1.165, 1.54) is 0 Å². The first-order valence-electron chi connectivity index (χ1n) is 5.96. The van der Waals surface area contributed by atoms with E-state index in [0.29, 0.717) is 39.1 Å². The Morgan fingerprint density at radius 2 is 2.21 bits per heavy atom. The molecule has 1 rings (SSSR count). The fourth-order valence-corrected chi connectivity index (χ4v) is 2.02. The summed E-state index contributed by atoms with van der Waals surface area (Å²) in [6, 6.07) is 2.00. The Kier molecular flexibility index (Phi) is 6.49. The van der Waals surface area contributed by atoms with E-state index >= 15 is 0 Å². The molecule has 8 heteroatoms. The Balaban J connectivity index is 2.23. The Morgan fingerprint density at radius 3 is 2.89 bits per heavy atom. The summed E-state index contributed by atoms with van der Waals surface area (Å²) in [6.45, 7) is 2.17. The van der Waals surface area contributed by atoms with Crippen molar-refractivity contribution in [3.8, 4) is 6.07 Å². The van der Waals surface area contributed by atoms with Crippen molar-refractivity contribution in [1.29, 1.82) is 5.26 Å². The summed E-state index contributed by atoms with van der Waals surface area (Å²) in [5.41, 5.74) is 0. The molecule has 1 N–H and O–H groups in total. The van der Waals surface area contributed by atoms with Crippen molar-refractivity contribution in [1.82, 2.24) is 4.57 Å². The quantitative estimate of drug-likeness (QED) is 0.391. The average Bonchev–Trinajstić information content (AvgIpc) is 2.75. The summed E-state index contributed by atoms with van der Waals surface area (Å²) in [7, 11) is -3.88. The van der Waals surface area contributed by atoms with Crippen molar-refractivity contribution in [2.75, 3.05) is 19.0 Å². The summed E-state index contributed by atoms with van der Waals surface area (Å²) in [5, 5.41) is 8.33. The molecule has 0 aliphatic heterocycles. The molecular weight excluding hydrogens is 270 g/mol. The predicted octanol–water partition coefficient (Wildman–Crippen LogP) is -0.0162. The number of nitriles is 1. The molecule has 0 spiro atoms. The van der Waals surface area contributed by atoms with Crippen molar-refractivity contribution < 1.29 is 22.3 Å². The monoisotopic (exact) mass is 288 g/mol.